The maximum absolute atomic E-state index is 13.5. The van der Waals surface area contributed by atoms with Crippen LogP contribution < -0.4 is 5.32 Å². The van der Waals surface area contributed by atoms with Crippen LogP contribution in [0, 0.1) is 5.92 Å². The minimum absolute atomic E-state index is 0.0960. The number of ether oxygens (including phenoxy) is 1. The zero-order valence-corrected chi connectivity index (χ0v) is 22.5. The molecule has 6 nitrogen and oxygen atoms in total. The van der Waals surface area contributed by atoms with Gasteiger partial charge in [0.2, 0.25) is 11.0 Å². The molecule has 2 atom stereocenters. The molecular weight excluding hydrogens is 516 g/mol. The molecule has 0 saturated heterocycles. The fourth-order valence-corrected chi connectivity index (χ4v) is 5.54. The first-order valence-corrected chi connectivity index (χ1v) is 14.0. The van der Waals surface area contributed by atoms with Crippen molar-refractivity contribution in [3.05, 3.63) is 113 Å². The zero-order valence-electron chi connectivity index (χ0n) is 20.9. The van der Waals surface area contributed by atoms with Crippen molar-refractivity contribution < 1.29 is 19.1 Å². The Morgan fingerprint density at radius 1 is 0.895 bits per heavy atom. The summed E-state index contributed by atoms with van der Waals surface area (Å²) in [5.74, 6) is -1.05. The maximum atomic E-state index is 13.5. The van der Waals surface area contributed by atoms with E-state index in [1.807, 2.05) is 78.2 Å². The van der Waals surface area contributed by atoms with Crippen LogP contribution in [-0.4, -0.2) is 40.9 Å². The van der Waals surface area contributed by atoms with Gasteiger partial charge in [0.15, 0.2) is 0 Å². The molecule has 194 valence electrons. The number of methoxy groups -OCH3 is 1. The summed E-state index contributed by atoms with van der Waals surface area (Å²) in [5.41, 5.74) is 3.44. The summed E-state index contributed by atoms with van der Waals surface area (Å²) in [6.07, 6.45) is 2.48. The molecule has 0 saturated carbocycles. The van der Waals surface area contributed by atoms with E-state index in [1.54, 1.807) is 29.7 Å². The van der Waals surface area contributed by atoms with Gasteiger partial charge in [-0.2, -0.15) is 0 Å². The lowest BCUT2D eigenvalue weighted by Gasteiger charge is -2.21. The summed E-state index contributed by atoms with van der Waals surface area (Å²) in [6.45, 7) is 0. The monoisotopic (exact) mass is 544 g/mol. The van der Waals surface area contributed by atoms with Gasteiger partial charge in [0, 0.05) is 34.9 Å². The number of aromatic nitrogens is 1. The molecule has 0 unspecified atom stereocenters. The quantitative estimate of drug-likeness (QED) is 0.253. The van der Waals surface area contributed by atoms with E-state index in [4.69, 9.17) is 4.74 Å². The molecule has 0 aliphatic carbocycles. The van der Waals surface area contributed by atoms with E-state index in [0.29, 0.717) is 12.0 Å². The molecule has 0 fully saturated rings. The van der Waals surface area contributed by atoms with Crippen LogP contribution in [0.2, 0.25) is 0 Å². The van der Waals surface area contributed by atoms with Crippen molar-refractivity contribution in [3.8, 4) is 10.6 Å². The van der Waals surface area contributed by atoms with Crippen molar-refractivity contribution in [2.75, 3.05) is 12.9 Å². The van der Waals surface area contributed by atoms with Gasteiger partial charge in [-0.15, -0.1) is 11.3 Å². The highest BCUT2D eigenvalue weighted by Crippen LogP contribution is 2.23. The van der Waals surface area contributed by atoms with Gasteiger partial charge in [-0.3, -0.25) is 9.59 Å². The molecule has 1 aromatic heterocycles. The van der Waals surface area contributed by atoms with Crippen LogP contribution in [0.5, 0.6) is 0 Å². The van der Waals surface area contributed by atoms with E-state index < -0.39 is 17.9 Å². The normalized spacial score (nSPS) is 12.3. The molecule has 0 bridgehead atoms. The van der Waals surface area contributed by atoms with E-state index in [0.717, 1.165) is 33.5 Å². The number of amides is 1. The fourth-order valence-electron chi connectivity index (χ4n) is 3.97. The van der Waals surface area contributed by atoms with Gasteiger partial charge in [0.05, 0.1) is 13.0 Å². The topological polar surface area (TPSA) is 85.4 Å². The average molecular weight is 545 g/mol. The predicted octanol–water partition coefficient (Wildman–Crippen LogP) is 5.44. The van der Waals surface area contributed by atoms with E-state index in [2.05, 4.69) is 10.3 Å². The Hall–Kier alpha value is -3.75. The summed E-state index contributed by atoms with van der Waals surface area (Å²) in [6, 6.07) is 25.5. The predicted molar refractivity (Wildman–Crippen MR) is 152 cm³/mol. The summed E-state index contributed by atoms with van der Waals surface area (Å²) in [7, 11) is 1.31. The Morgan fingerprint density at radius 2 is 1.55 bits per heavy atom. The Kier molecular flexibility index (Phi) is 9.84. The highest BCUT2D eigenvalue weighted by molar-refractivity contribution is 8.14. The third-order valence-electron chi connectivity index (χ3n) is 6.00. The molecule has 8 heteroatoms. The number of benzene rings is 3. The number of thiazole rings is 1. The Labute approximate surface area is 230 Å². The van der Waals surface area contributed by atoms with Crippen LogP contribution in [0.3, 0.4) is 0 Å². The Bertz CT molecular complexity index is 1330. The molecule has 0 aliphatic heterocycles. The lowest BCUT2D eigenvalue weighted by Crippen LogP contribution is -2.46. The van der Waals surface area contributed by atoms with Crippen molar-refractivity contribution in [2.45, 2.75) is 18.9 Å². The van der Waals surface area contributed by atoms with Crippen LogP contribution in [0.1, 0.15) is 21.5 Å². The minimum Gasteiger partial charge on any atom is -0.467 e. The lowest BCUT2D eigenvalue weighted by atomic mass is 9.98. The zero-order chi connectivity index (χ0) is 26.7. The number of thioether (sulfide) groups is 1. The Balaban J connectivity index is 1.46. The first kappa shape index (κ1) is 27.3. The molecule has 1 N–H and O–H groups in total. The SMILES string of the molecule is COC(=O)[C@H](Cc1ccc(-c2nccs2)cc1)NC(=O)[C@@H](CSC(=O)c1ccccc1)Cc1ccccc1. The second-order valence-electron chi connectivity index (χ2n) is 8.67. The highest BCUT2D eigenvalue weighted by Gasteiger charge is 2.27. The third kappa shape index (κ3) is 7.63. The number of nitrogens with zero attached hydrogens (tertiary/aromatic N) is 1. The minimum atomic E-state index is -0.855. The van der Waals surface area contributed by atoms with Crippen LogP contribution in [0.4, 0.5) is 0 Å². The van der Waals surface area contributed by atoms with Gasteiger partial charge in [0.1, 0.15) is 11.0 Å². The number of carbonyl (C=O) groups is 3. The Morgan fingerprint density at radius 3 is 2.18 bits per heavy atom. The second-order valence-corrected chi connectivity index (χ2v) is 10.6. The van der Waals surface area contributed by atoms with Crippen LogP contribution in [0.15, 0.2) is 96.5 Å². The molecule has 0 spiro atoms. The fraction of sp³-hybridized carbons (Fsp3) is 0.200. The maximum Gasteiger partial charge on any atom is 0.328 e. The molecule has 38 heavy (non-hydrogen) atoms. The second kappa shape index (κ2) is 13.7. The summed E-state index contributed by atoms with van der Waals surface area (Å²) < 4.78 is 5.00. The lowest BCUT2D eigenvalue weighted by molar-refractivity contribution is -0.145. The number of hydrogen-bond acceptors (Lipinski definition) is 7. The molecule has 0 aliphatic rings. The molecule has 1 amide bonds. The average Bonchev–Trinajstić information content (AvgIpc) is 3.51. The number of rotatable bonds is 11. The van der Waals surface area contributed by atoms with Crippen molar-refractivity contribution in [2.24, 2.45) is 5.92 Å². The number of carbonyl (C=O) groups excluding carboxylic acids is 3. The summed E-state index contributed by atoms with van der Waals surface area (Å²) >= 11 is 2.66. The van der Waals surface area contributed by atoms with Crippen LogP contribution >= 0.6 is 23.1 Å². The largest absolute Gasteiger partial charge is 0.467 e. The molecule has 0 radical (unpaired) electrons. The molecule has 4 rings (SSSR count). The molecule has 1 heterocycles. The molecular formula is C30H28N2O4S2. The van der Waals surface area contributed by atoms with Gasteiger partial charge in [0.25, 0.3) is 0 Å². The standard InChI is InChI=1S/C30H28N2O4S2/c1-36-29(34)26(19-22-12-14-23(15-13-22)28-31-16-17-37-28)32-27(33)25(18-21-8-4-2-5-9-21)20-38-30(35)24-10-6-3-7-11-24/h2-17,25-26H,18-20H2,1H3,(H,32,33)/t25-,26+/m1/s1. The van der Waals surface area contributed by atoms with Gasteiger partial charge in [-0.1, -0.05) is 96.7 Å². The first-order valence-electron chi connectivity index (χ1n) is 12.2. The number of esters is 1. The number of hydrogen-bond donors (Lipinski definition) is 1. The van der Waals surface area contributed by atoms with Gasteiger partial charge < -0.3 is 10.1 Å². The van der Waals surface area contributed by atoms with Crippen molar-refractivity contribution in [1.29, 1.82) is 0 Å². The number of nitrogens with one attached hydrogen (secondary N) is 1. The summed E-state index contributed by atoms with van der Waals surface area (Å²) in [5, 5.41) is 5.64. The van der Waals surface area contributed by atoms with E-state index in [-0.39, 0.29) is 23.2 Å². The van der Waals surface area contributed by atoms with E-state index in [9.17, 15) is 14.4 Å². The van der Waals surface area contributed by atoms with Crippen LogP contribution in [0.25, 0.3) is 10.6 Å². The van der Waals surface area contributed by atoms with Crippen molar-refractivity contribution in [1.82, 2.24) is 10.3 Å². The van der Waals surface area contributed by atoms with Crippen molar-refractivity contribution in [3.63, 3.8) is 0 Å². The van der Waals surface area contributed by atoms with E-state index >= 15 is 0 Å². The summed E-state index contributed by atoms with van der Waals surface area (Å²) in [4.78, 5) is 43.1. The molecule has 3 aromatic carbocycles. The first-order chi connectivity index (χ1) is 18.5. The third-order valence-corrected chi connectivity index (χ3v) is 7.89. The molecule has 4 aromatic rings. The van der Waals surface area contributed by atoms with E-state index in [1.165, 1.54) is 7.11 Å². The van der Waals surface area contributed by atoms with Gasteiger partial charge in [-0.05, 0) is 17.5 Å². The van der Waals surface area contributed by atoms with Crippen molar-refractivity contribution >= 4 is 40.1 Å². The van der Waals surface area contributed by atoms with Gasteiger partial charge >= 0.3 is 5.97 Å². The van der Waals surface area contributed by atoms with Crippen LogP contribution in [-0.2, 0) is 27.2 Å². The highest BCUT2D eigenvalue weighted by atomic mass is 32.2. The van der Waals surface area contributed by atoms with Gasteiger partial charge in [-0.25, -0.2) is 9.78 Å². The smallest absolute Gasteiger partial charge is 0.328 e.